The highest BCUT2D eigenvalue weighted by Gasteiger charge is 2.50. The summed E-state index contributed by atoms with van der Waals surface area (Å²) < 4.78 is 74.0. The largest absolute Gasteiger partial charge is 0.481 e. The lowest BCUT2D eigenvalue weighted by Crippen LogP contribution is -2.48. The second-order valence-electron chi connectivity index (χ2n) is 20.1. The van der Waals surface area contributed by atoms with Gasteiger partial charge in [0.2, 0.25) is 11.8 Å². The van der Waals surface area contributed by atoms with Gasteiger partial charge >= 0.3 is 23.5 Å². The Bertz CT molecular complexity index is 2340. The molecule has 13 N–H and O–H groups in total. The van der Waals surface area contributed by atoms with Crippen LogP contribution in [0.5, 0.6) is 0 Å². The number of carbonyl (C=O) groups is 3. The lowest BCUT2D eigenvalue weighted by atomic mass is 9.87. The number of nitrogens with two attached hydrogens (primary N) is 1. The molecule has 2 fully saturated rings. The Labute approximate surface area is 456 Å². The maximum atomic E-state index is 12.8. The first-order valence-electron chi connectivity index (χ1n) is 26.0. The molecule has 2 saturated heterocycles. The molecular formula is C45H80N7O22P3S. The van der Waals surface area contributed by atoms with Gasteiger partial charge in [0.15, 0.2) is 29.1 Å². The predicted molar refractivity (Wildman–Crippen MR) is 279 cm³/mol. The number of anilines is 1. The second kappa shape index (κ2) is 32.3. The summed E-state index contributed by atoms with van der Waals surface area (Å²) in [5.41, 5.74) is 4.24. The zero-order valence-corrected chi connectivity index (χ0v) is 47.8. The van der Waals surface area contributed by atoms with Crippen LogP contribution in [0.15, 0.2) is 12.7 Å². The molecule has 2 amide bonds. The van der Waals surface area contributed by atoms with Crippen LogP contribution < -0.4 is 16.4 Å². The number of unbranched alkanes of at least 4 members (excludes halogenated alkanes) is 10. The highest BCUT2D eigenvalue weighted by atomic mass is 32.2. The topological polar surface area (TPSA) is 443 Å². The summed E-state index contributed by atoms with van der Waals surface area (Å²) in [6.45, 7) is 4.09. The number of nitrogens with one attached hydrogen (secondary N) is 2. The van der Waals surface area contributed by atoms with Crippen molar-refractivity contribution in [3.63, 3.8) is 0 Å². The van der Waals surface area contributed by atoms with Crippen molar-refractivity contribution in [2.45, 2.75) is 198 Å². The molecule has 2 aliphatic heterocycles. The fraction of sp³-hybridized carbons (Fsp3) is 0.822. The molecule has 2 unspecified atom stereocenters. The molecule has 2 aromatic rings. The molecule has 4 rings (SSSR count). The number of imidazole rings is 1. The van der Waals surface area contributed by atoms with Crippen LogP contribution in [0.1, 0.15) is 137 Å². The number of hydrogen-bond acceptors (Lipinski definition) is 23. The highest BCUT2D eigenvalue weighted by Crippen LogP contribution is 2.61. The average Bonchev–Trinajstić information content (AvgIpc) is 3.92. The van der Waals surface area contributed by atoms with Gasteiger partial charge in [-0.1, -0.05) is 96.2 Å². The number of hydrogen-bond donors (Lipinski definition) is 12. The number of fused-ring (bicyclic) bond motifs is 1. The Morgan fingerprint density at radius 2 is 1.47 bits per heavy atom. The number of amides is 2. The van der Waals surface area contributed by atoms with Crippen molar-refractivity contribution >= 4 is 69.1 Å². The van der Waals surface area contributed by atoms with E-state index in [9.17, 15) is 73.2 Å². The number of rotatable bonds is 37. The molecule has 29 nitrogen and oxygen atoms in total. The van der Waals surface area contributed by atoms with E-state index in [0.717, 1.165) is 86.8 Å². The van der Waals surface area contributed by atoms with Crippen LogP contribution >= 0.6 is 35.2 Å². The molecule has 0 aliphatic carbocycles. The minimum absolute atomic E-state index is 0.00518. The SMILES string of the molecule is C[C@H](CCCCCCCCCCCCC[C@@H](O)CC(=O)SCCNC(=O)CCNC(=O)[C@H](O)C(C)(C)COP(=O)(O)OP(=O)(O)OC[C@H]1O[C@@H](n2cnc3c(N)ncnc32)[C@H](O)[C@@H]1OP(=O)(O)O)O[C@@H]1O[C@@H](C)[C@H](O)C[C@H]1O. The van der Waals surface area contributed by atoms with Crippen molar-refractivity contribution in [3.8, 4) is 0 Å². The minimum atomic E-state index is -5.60. The van der Waals surface area contributed by atoms with Gasteiger partial charge in [-0.15, -0.1) is 0 Å². The van der Waals surface area contributed by atoms with Crippen LogP contribution in [0.4, 0.5) is 5.82 Å². The maximum absolute atomic E-state index is 12.8. The molecule has 0 saturated carbocycles. The molecule has 78 heavy (non-hydrogen) atoms. The van der Waals surface area contributed by atoms with Gasteiger partial charge in [-0.2, -0.15) is 4.31 Å². The fourth-order valence-corrected chi connectivity index (χ4v) is 12.0. The molecule has 0 spiro atoms. The molecule has 448 valence electrons. The van der Waals surface area contributed by atoms with Gasteiger partial charge in [0.1, 0.15) is 42.4 Å². The van der Waals surface area contributed by atoms with Crippen molar-refractivity contribution in [1.29, 1.82) is 0 Å². The highest BCUT2D eigenvalue weighted by molar-refractivity contribution is 8.13. The van der Waals surface area contributed by atoms with E-state index in [0.29, 0.717) is 6.42 Å². The Morgan fingerprint density at radius 1 is 0.859 bits per heavy atom. The number of aliphatic hydroxyl groups is 5. The Morgan fingerprint density at radius 3 is 2.12 bits per heavy atom. The molecule has 4 heterocycles. The van der Waals surface area contributed by atoms with Crippen LogP contribution in [0.3, 0.4) is 0 Å². The van der Waals surface area contributed by atoms with Crippen LogP contribution in [-0.4, -0.2) is 175 Å². The van der Waals surface area contributed by atoms with Gasteiger partial charge < -0.3 is 75.7 Å². The first-order chi connectivity index (χ1) is 36.6. The number of aliphatic hydroxyl groups excluding tert-OH is 5. The number of thioether (sulfide) groups is 1. The van der Waals surface area contributed by atoms with Gasteiger partial charge in [0.25, 0.3) is 0 Å². The molecule has 33 heteroatoms. The molecule has 2 aromatic heterocycles. The fourth-order valence-electron chi connectivity index (χ4n) is 8.41. The van der Waals surface area contributed by atoms with Crippen molar-refractivity contribution < 1.29 is 105 Å². The van der Waals surface area contributed by atoms with Crippen LogP contribution in [0.25, 0.3) is 11.2 Å². The van der Waals surface area contributed by atoms with Gasteiger partial charge in [-0.25, -0.2) is 28.6 Å². The van der Waals surface area contributed by atoms with Crippen molar-refractivity contribution in [2.75, 3.05) is 37.8 Å². The van der Waals surface area contributed by atoms with E-state index in [1.165, 1.54) is 33.1 Å². The average molecular weight is 1200 g/mol. The molecule has 0 bridgehead atoms. The summed E-state index contributed by atoms with van der Waals surface area (Å²) in [6.07, 6.45) is 3.27. The lowest BCUT2D eigenvalue weighted by Gasteiger charge is -2.36. The van der Waals surface area contributed by atoms with Crippen LogP contribution in [-0.2, 0) is 60.2 Å². The number of nitrogens with zero attached hydrogens (tertiary/aromatic N) is 4. The summed E-state index contributed by atoms with van der Waals surface area (Å²) in [7, 11) is -16.5. The summed E-state index contributed by atoms with van der Waals surface area (Å²) in [5, 5.41) is 56.6. The number of carbonyl (C=O) groups excluding carboxylic acids is 3. The van der Waals surface area contributed by atoms with E-state index in [1.54, 1.807) is 6.92 Å². The number of aromatic nitrogens is 4. The van der Waals surface area contributed by atoms with Crippen molar-refractivity contribution in [2.24, 2.45) is 5.41 Å². The van der Waals surface area contributed by atoms with Crippen molar-refractivity contribution in [1.82, 2.24) is 30.2 Å². The van der Waals surface area contributed by atoms with E-state index in [1.807, 2.05) is 6.92 Å². The number of phosphoric ester groups is 3. The third kappa shape index (κ3) is 23.7. The number of nitrogen functional groups attached to an aromatic ring is 1. The van der Waals surface area contributed by atoms with Gasteiger partial charge in [0.05, 0.1) is 44.0 Å². The summed E-state index contributed by atoms with van der Waals surface area (Å²) in [4.78, 5) is 88.7. The van der Waals surface area contributed by atoms with Crippen molar-refractivity contribution in [3.05, 3.63) is 12.7 Å². The van der Waals surface area contributed by atoms with E-state index in [-0.39, 0.29) is 72.4 Å². The standard InChI is InChI=1S/C45H80N7O22P3S/c1-28(70-44-32(55)23-31(54)29(2)71-44)16-14-12-10-8-6-5-7-9-11-13-15-17-30(53)22-35(57)78-21-20-47-34(56)18-19-48-42(60)39(59)45(3,4)25-69-77(66,67)74-76(64,65)68-24-33-38(73-75(61,62)63)37(58)43(72-33)52-27-51-36-40(46)49-26-50-41(36)52/h26-33,37-39,43-44,53-55,58-59H,5-25H2,1-4H3,(H,47,56)(H,48,60)(H,64,65)(H,66,67)(H2,46,49,50)(H2,61,62,63)/t28-,29+,30-,31-,32-,33-,37-,38-,39+,43-,44-/m1/s1. The monoisotopic (exact) mass is 1200 g/mol. The molecule has 13 atom stereocenters. The van der Waals surface area contributed by atoms with Gasteiger partial charge in [0, 0.05) is 43.5 Å². The molecule has 0 aromatic carbocycles. The first-order valence-corrected chi connectivity index (χ1v) is 31.5. The Hall–Kier alpha value is -2.64. The van der Waals surface area contributed by atoms with Gasteiger partial charge in [-0.3, -0.25) is 32.5 Å². The third-order valence-electron chi connectivity index (χ3n) is 12.9. The normalized spacial score (nSPS) is 24.8. The van der Waals surface area contributed by atoms with E-state index >= 15 is 0 Å². The third-order valence-corrected chi connectivity index (χ3v) is 16.9. The smallest absolute Gasteiger partial charge is 0.393 e. The minimum Gasteiger partial charge on any atom is -0.393 e. The number of phosphoric acid groups is 3. The van der Waals surface area contributed by atoms with E-state index in [4.69, 9.17) is 29.0 Å². The summed E-state index contributed by atoms with van der Waals surface area (Å²) in [6, 6.07) is 0. The Balaban J connectivity index is 1.00. The first kappa shape index (κ1) is 67.9. The maximum Gasteiger partial charge on any atom is 0.481 e. The predicted octanol–water partition coefficient (Wildman–Crippen LogP) is 2.75. The molecule has 0 radical (unpaired) electrons. The Kier molecular flexibility index (Phi) is 28.1. The lowest BCUT2D eigenvalue weighted by molar-refractivity contribution is -0.273. The zero-order chi connectivity index (χ0) is 57.8. The molecular weight excluding hydrogens is 1120 g/mol. The van der Waals surface area contributed by atoms with E-state index < -0.39 is 109 Å². The zero-order valence-electron chi connectivity index (χ0n) is 44.3. The summed E-state index contributed by atoms with van der Waals surface area (Å²) >= 11 is 0.982. The summed E-state index contributed by atoms with van der Waals surface area (Å²) in [5.74, 6) is -1.27. The second-order valence-corrected chi connectivity index (χ2v) is 25.5. The van der Waals surface area contributed by atoms with Crippen LogP contribution in [0, 0.1) is 5.41 Å². The van der Waals surface area contributed by atoms with E-state index in [2.05, 4.69) is 34.4 Å². The number of ether oxygens (including phenoxy) is 3. The van der Waals surface area contributed by atoms with Crippen LogP contribution in [0.2, 0.25) is 0 Å². The quantitative estimate of drug-likeness (QED) is 0.0342. The molecule has 2 aliphatic rings. The van der Waals surface area contributed by atoms with Gasteiger partial charge in [-0.05, 0) is 26.7 Å².